The summed E-state index contributed by atoms with van der Waals surface area (Å²) in [6.45, 7) is 0.216. The minimum absolute atomic E-state index is 0.0702. The zero-order valence-corrected chi connectivity index (χ0v) is 19.1. The van der Waals surface area contributed by atoms with E-state index in [9.17, 15) is 18.8 Å². The highest BCUT2D eigenvalue weighted by molar-refractivity contribution is 7.09. The first-order valence-corrected chi connectivity index (χ1v) is 10.9. The minimum atomic E-state index is -0.516. The Balaban J connectivity index is 1.40. The molecule has 0 atom stereocenters. The predicted molar refractivity (Wildman–Crippen MR) is 125 cm³/mol. The van der Waals surface area contributed by atoms with Gasteiger partial charge in [-0.3, -0.25) is 14.9 Å². The van der Waals surface area contributed by atoms with E-state index in [2.05, 4.69) is 25.1 Å². The van der Waals surface area contributed by atoms with Gasteiger partial charge in [0.05, 0.1) is 11.9 Å². The lowest BCUT2D eigenvalue weighted by molar-refractivity contribution is 0.0776. The van der Waals surface area contributed by atoms with Gasteiger partial charge in [-0.2, -0.15) is 9.47 Å². The van der Waals surface area contributed by atoms with Gasteiger partial charge in [-0.15, -0.1) is 0 Å². The number of urea groups is 1. The van der Waals surface area contributed by atoms with Crippen LogP contribution in [0.15, 0.2) is 53.3 Å². The number of anilines is 1. The lowest BCUT2D eigenvalue weighted by Gasteiger charge is -2.16. The summed E-state index contributed by atoms with van der Waals surface area (Å²) in [6.07, 6.45) is 0. The molecule has 0 saturated heterocycles. The average Bonchev–Trinajstić information content (AvgIpc) is 3.26. The number of nitrogens with one attached hydrogen (secondary N) is 2. The molecule has 10 nitrogen and oxygen atoms in total. The molecule has 12 heteroatoms. The Bertz CT molecular complexity index is 1440. The Morgan fingerprint density at radius 3 is 2.68 bits per heavy atom. The van der Waals surface area contributed by atoms with E-state index < -0.39 is 11.9 Å². The summed E-state index contributed by atoms with van der Waals surface area (Å²) in [5, 5.41) is 10.4. The van der Waals surface area contributed by atoms with Crippen LogP contribution < -0.4 is 16.2 Å². The SMILES string of the molecule is CN(Cc1nsc(NC(=O)NCc2cccc(F)c2)n1)C(=O)c1nn(C)c(=O)c2ccccc12. The van der Waals surface area contributed by atoms with Crippen LogP contribution in [0.25, 0.3) is 10.8 Å². The molecule has 0 spiro atoms. The fraction of sp³-hybridized carbons (Fsp3) is 0.182. The van der Waals surface area contributed by atoms with Crippen LogP contribution in [0.1, 0.15) is 21.9 Å². The Morgan fingerprint density at radius 1 is 1.15 bits per heavy atom. The normalized spacial score (nSPS) is 10.8. The molecule has 2 aromatic carbocycles. The molecular weight excluding hydrogens is 461 g/mol. The van der Waals surface area contributed by atoms with Gasteiger partial charge < -0.3 is 10.2 Å². The molecule has 2 aromatic heterocycles. The third-order valence-corrected chi connectivity index (χ3v) is 5.58. The molecule has 4 aromatic rings. The third-order valence-electron chi connectivity index (χ3n) is 4.92. The molecule has 0 radical (unpaired) electrons. The monoisotopic (exact) mass is 481 g/mol. The number of rotatable bonds is 6. The van der Waals surface area contributed by atoms with E-state index in [1.54, 1.807) is 43.4 Å². The molecule has 174 valence electrons. The van der Waals surface area contributed by atoms with Crippen LogP contribution in [0.2, 0.25) is 0 Å². The zero-order valence-electron chi connectivity index (χ0n) is 18.3. The Hall–Kier alpha value is -4.19. The summed E-state index contributed by atoms with van der Waals surface area (Å²) in [5.41, 5.74) is 0.473. The maximum atomic E-state index is 13.2. The van der Waals surface area contributed by atoms with Crippen molar-refractivity contribution in [3.8, 4) is 0 Å². The minimum Gasteiger partial charge on any atom is -0.334 e. The van der Waals surface area contributed by atoms with Gasteiger partial charge in [0, 0.05) is 37.6 Å². The number of aryl methyl sites for hydroxylation is 1. The van der Waals surface area contributed by atoms with Gasteiger partial charge in [0.15, 0.2) is 11.5 Å². The largest absolute Gasteiger partial charge is 0.334 e. The van der Waals surface area contributed by atoms with E-state index in [0.717, 1.165) is 16.2 Å². The van der Waals surface area contributed by atoms with Crippen molar-refractivity contribution in [2.45, 2.75) is 13.1 Å². The zero-order chi connectivity index (χ0) is 24.2. The first kappa shape index (κ1) is 23.0. The van der Waals surface area contributed by atoms with E-state index in [-0.39, 0.29) is 35.3 Å². The molecule has 3 amide bonds. The number of halogens is 1. The summed E-state index contributed by atoms with van der Waals surface area (Å²) in [7, 11) is 3.06. The van der Waals surface area contributed by atoms with Crippen molar-refractivity contribution in [1.29, 1.82) is 0 Å². The molecular formula is C22H20FN7O3S. The molecule has 0 aliphatic rings. The van der Waals surface area contributed by atoms with Gasteiger partial charge in [0.1, 0.15) is 5.82 Å². The molecule has 4 rings (SSSR count). The number of hydrogen-bond donors (Lipinski definition) is 2. The predicted octanol–water partition coefficient (Wildman–Crippen LogP) is 2.52. The number of hydrogen-bond acceptors (Lipinski definition) is 7. The first-order valence-electron chi connectivity index (χ1n) is 10.1. The molecule has 0 saturated carbocycles. The molecule has 0 aliphatic heterocycles. The summed E-state index contributed by atoms with van der Waals surface area (Å²) in [6, 6.07) is 12.2. The van der Waals surface area contributed by atoms with E-state index >= 15 is 0 Å². The fourth-order valence-electron chi connectivity index (χ4n) is 3.26. The highest BCUT2D eigenvalue weighted by Gasteiger charge is 2.20. The Labute approximate surface area is 197 Å². The number of aromatic nitrogens is 4. The topological polar surface area (TPSA) is 122 Å². The summed E-state index contributed by atoms with van der Waals surface area (Å²) >= 11 is 0.966. The second-order valence-corrected chi connectivity index (χ2v) is 8.19. The maximum absolute atomic E-state index is 13.2. The van der Waals surface area contributed by atoms with Crippen LogP contribution in [0.3, 0.4) is 0 Å². The van der Waals surface area contributed by atoms with E-state index in [4.69, 9.17) is 0 Å². The summed E-state index contributed by atoms with van der Waals surface area (Å²) < 4.78 is 18.5. The van der Waals surface area contributed by atoms with Crippen molar-refractivity contribution in [3.63, 3.8) is 0 Å². The van der Waals surface area contributed by atoms with Crippen LogP contribution in [-0.2, 0) is 20.1 Å². The summed E-state index contributed by atoms with van der Waals surface area (Å²) in [5.74, 6) is -0.451. The average molecular weight is 482 g/mol. The van der Waals surface area contributed by atoms with Gasteiger partial charge in [-0.1, -0.05) is 30.3 Å². The number of benzene rings is 2. The quantitative estimate of drug-likeness (QED) is 0.436. The van der Waals surface area contributed by atoms with Crippen LogP contribution in [-0.4, -0.2) is 43.0 Å². The van der Waals surface area contributed by atoms with Crippen LogP contribution >= 0.6 is 11.5 Å². The second kappa shape index (κ2) is 9.75. The van der Waals surface area contributed by atoms with E-state index in [0.29, 0.717) is 22.2 Å². The van der Waals surface area contributed by atoms with Gasteiger partial charge >= 0.3 is 6.03 Å². The van der Waals surface area contributed by atoms with Crippen molar-refractivity contribution < 1.29 is 14.0 Å². The van der Waals surface area contributed by atoms with Gasteiger partial charge in [-0.05, 0) is 23.8 Å². The molecule has 0 aliphatic carbocycles. The van der Waals surface area contributed by atoms with E-state index in [1.807, 2.05) is 0 Å². The van der Waals surface area contributed by atoms with Crippen molar-refractivity contribution in [3.05, 3.63) is 81.8 Å². The standard InChI is InChI=1S/C22H20FN7O3S/c1-29(20(32)18-15-8-3-4-9-16(15)19(31)30(2)27-18)12-17-25-22(34-28-17)26-21(33)24-11-13-6-5-7-14(23)10-13/h3-10H,11-12H2,1-2H3,(H2,24,25,26,28,33). The van der Waals surface area contributed by atoms with Gasteiger partial charge in [-0.25, -0.2) is 18.9 Å². The molecule has 34 heavy (non-hydrogen) atoms. The number of carbonyl (C=O) groups is 2. The highest BCUT2D eigenvalue weighted by Crippen LogP contribution is 2.17. The van der Waals surface area contributed by atoms with Gasteiger partial charge in [0.25, 0.3) is 11.5 Å². The van der Waals surface area contributed by atoms with Crippen molar-refractivity contribution in [2.75, 3.05) is 12.4 Å². The smallest absolute Gasteiger partial charge is 0.321 e. The maximum Gasteiger partial charge on any atom is 0.321 e. The molecule has 2 heterocycles. The van der Waals surface area contributed by atoms with Crippen LogP contribution in [0.4, 0.5) is 14.3 Å². The number of nitrogens with zero attached hydrogens (tertiary/aromatic N) is 5. The third kappa shape index (κ3) is 5.07. The molecule has 0 unspecified atom stereocenters. The van der Waals surface area contributed by atoms with Crippen molar-refractivity contribution in [2.24, 2.45) is 7.05 Å². The Kier molecular flexibility index (Phi) is 6.59. The van der Waals surface area contributed by atoms with Crippen LogP contribution in [0, 0.1) is 5.82 Å². The van der Waals surface area contributed by atoms with E-state index in [1.165, 1.54) is 24.1 Å². The number of fused-ring (bicyclic) bond motifs is 1. The molecule has 0 bridgehead atoms. The molecule has 2 N–H and O–H groups in total. The number of amides is 3. The van der Waals surface area contributed by atoms with Gasteiger partial charge in [0.2, 0.25) is 5.13 Å². The lowest BCUT2D eigenvalue weighted by atomic mass is 10.1. The van der Waals surface area contributed by atoms with Crippen molar-refractivity contribution >= 4 is 39.4 Å². The number of carbonyl (C=O) groups excluding carboxylic acids is 2. The van der Waals surface area contributed by atoms with Crippen molar-refractivity contribution in [1.82, 2.24) is 29.4 Å². The second-order valence-electron chi connectivity index (χ2n) is 7.44. The summed E-state index contributed by atoms with van der Waals surface area (Å²) in [4.78, 5) is 43.1. The Morgan fingerprint density at radius 2 is 1.91 bits per heavy atom. The van der Waals surface area contributed by atoms with Crippen LogP contribution in [0.5, 0.6) is 0 Å². The lowest BCUT2D eigenvalue weighted by Crippen LogP contribution is -2.31. The first-order chi connectivity index (χ1) is 16.3. The fourth-order valence-corrected chi connectivity index (χ4v) is 3.84. The molecule has 0 fully saturated rings. The highest BCUT2D eigenvalue weighted by atomic mass is 32.1.